The first kappa shape index (κ1) is 24.8. The average molecular weight is 494 g/mol. The number of fused-ring (bicyclic) bond motifs is 2. The molecule has 2 aliphatic heterocycles. The molecule has 1 aliphatic carbocycles. The van der Waals surface area contributed by atoms with Gasteiger partial charge in [0.05, 0.1) is 29.9 Å². The second-order valence-electron chi connectivity index (χ2n) is 9.49. The van der Waals surface area contributed by atoms with Crippen LogP contribution >= 0.6 is 0 Å². The fourth-order valence-electron chi connectivity index (χ4n) is 5.08. The van der Waals surface area contributed by atoms with Gasteiger partial charge in [-0.15, -0.1) is 0 Å². The van der Waals surface area contributed by atoms with Crippen molar-refractivity contribution in [3.63, 3.8) is 0 Å². The Hall–Kier alpha value is -2.33. The van der Waals surface area contributed by atoms with E-state index in [9.17, 15) is 18.0 Å². The summed E-state index contributed by atoms with van der Waals surface area (Å²) in [5.74, 6) is 0.101. The molecule has 0 unspecified atom stereocenters. The summed E-state index contributed by atoms with van der Waals surface area (Å²) >= 11 is 0. The quantitative estimate of drug-likeness (QED) is 0.630. The van der Waals surface area contributed by atoms with Gasteiger partial charge in [0, 0.05) is 18.8 Å². The standard InChI is InChI=1S/C24H35N3O6S/c1-3-34(30,31)26-17-9-12-21-19(13-17)24(29)27(2)20-11-10-18(33-22(20)15-32-21)14-23(28)25-16-7-5-4-6-8-16/h9,12-13,16,18,20,22,26H,3-8,10-11,14-15H2,1-2H3,(H,25,28)/t18-,20+,22+/m1/s1. The molecule has 0 bridgehead atoms. The van der Waals surface area contributed by atoms with E-state index >= 15 is 0 Å². The number of anilines is 1. The molecule has 1 aromatic rings. The summed E-state index contributed by atoms with van der Waals surface area (Å²) in [5, 5.41) is 3.15. The fraction of sp³-hybridized carbons (Fsp3) is 0.667. The molecule has 2 fully saturated rings. The topological polar surface area (TPSA) is 114 Å². The van der Waals surface area contributed by atoms with E-state index in [2.05, 4.69) is 10.0 Å². The Bertz CT molecular complexity index is 1010. The van der Waals surface area contributed by atoms with Gasteiger partial charge < -0.3 is 19.7 Å². The van der Waals surface area contributed by atoms with E-state index < -0.39 is 10.0 Å². The SMILES string of the molecule is CCS(=O)(=O)Nc1ccc2c(c1)C(=O)N(C)[C@H]1CC[C@H](CC(=O)NC3CCCCC3)O[C@H]1CO2. The summed E-state index contributed by atoms with van der Waals surface area (Å²) in [6, 6.07) is 4.79. The Morgan fingerprint density at radius 3 is 2.65 bits per heavy atom. The molecule has 188 valence electrons. The van der Waals surface area contributed by atoms with Crippen molar-refractivity contribution < 1.29 is 27.5 Å². The lowest BCUT2D eigenvalue weighted by atomic mass is 9.93. The second-order valence-corrected chi connectivity index (χ2v) is 11.5. The lowest BCUT2D eigenvalue weighted by molar-refractivity contribution is -0.134. The first-order valence-corrected chi connectivity index (χ1v) is 13.9. The van der Waals surface area contributed by atoms with Crippen molar-refractivity contribution in [1.82, 2.24) is 10.2 Å². The third-order valence-corrected chi connectivity index (χ3v) is 8.36. The minimum Gasteiger partial charge on any atom is -0.490 e. The number of carbonyl (C=O) groups excluding carboxylic acids is 2. The minimum absolute atomic E-state index is 0.0268. The molecule has 3 aliphatic rings. The molecule has 1 saturated heterocycles. The minimum atomic E-state index is -3.46. The predicted octanol–water partition coefficient (Wildman–Crippen LogP) is 2.67. The van der Waals surface area contributed by atoms with Gasteiger partial charge in [-0.2, -0.15) is 0 Å². The van der Waals surface area contributed by atoms with Crippen LogP contribution in [-0.4, -0.2) is 68.8 Å². The van der Waals surface area contributed by atoms with Crippen LogP contribution in [0.25, 0.3) is 0 Å². The number of carbonyl (C=O) groups is 2. The maximum Gasteiger partial charge on any atom is 0.257 e. The Morgan fingerprint density at radius 1 is 1.15 bits per heavy atom. The summed E-state index contributed by atoms with van der Waals surface area (Å²) in [5.41, 5.74) is 0.637. The molecule has 2 N–H and O–H groups in total. The van der Waals surface area contributed by atoms with Crippen molar-refractivity contribution >= 4 is 27.5 Å². The highest BCUT2D eigenvalue weighted by atomic mass is 32.2. The third kappa shape index (κ3) is 5.83. The van der Waals surface area contributed by atoms with Crippen molar-refractivity contribution in [3.05, 3.63) is 23.8 Å². The Labute approximate surface area is 201 Å². The van der Waals surface area contributed by atoms with Gasteiger partial charge >= 0.3 is 0 Å². The van der Waals surface area contributed by atoms with Crippen LogP contribution in [0.4, 0.5) is 5.69 Å². The van der Waals surface area contributed by atoms with E-state index in [0.717, 1.165) is 12.8 Å². The van der Waals surface area contributed by atoms with Gasteiger partial charge in [0.25, 0.3) is 5.91 Å². The number of amides is 2. The van der Waals surface area contributed by atoms with E-state index in [-0.39, 0.29) is 48.5 Å². The van der Waals surface area contributed by atoms with Crippen molar-refractivity contribution in [1.29, 1.82) is 0 Å². The Kier molecular flexibility index (Phi) is 7.67. The van der Waals surface area contributed by atoms with Crippen LogP contribution in [0.15, 0.2) is 18.2 Å². The Morgan fingerprint density at radius 2 is 1.91 bits per heavy atom. The summed E-state index contributed by atoms with van der Waals surface area (Å²) < 4.78 is 38.5. The molecule has 0 radical (unpaired) electrons. The van der Waals surface area contributed by atoms with Crippen molar-refractivity contribution in [2.45, 2.75) is 82.6 Å². The van der Waals surface area contributed by atoms with E-state index in [1.54, 1.807) is 31.0 Å². The van der Waals surface area contributed by atoms with Gasteiger partial charge in [-0.1, -0.05) is 19.3 Å². The molecular formula is C24H35N3O6S. The number of hydrogen-bond acceptors (Lipinski definition) is 6. The maximum atomic E-state index is 13.3. The lowest BCUT2D eigenvalue weighted by Crippen LogP contribution is -2.54. The molecule has 0 spiro atoms. The van der Waals surface area contributed by atoms with Crippen LogP contribution in [0.3, 0.4) is 0 Å². The van der Waals surface area contributed by atoms with Gasteiger partial charge in [0.15, 0.2) is 0 Å². The number of nitrogens with one attached hydrogen (secondary N) is 2. The third-order valence-electron chi connectivity index (χ3n) is 7.05. The molecule has 1 saturated carbocycles. The molecule has 2 amide bonds. The summed E-state index contributed by atoms with van der Waals surface area (Å²) in [6.07, 6.45) is 6.81. The van der Waals surface area contributed by atoms with Gasteiger partial charge in [0.2, 0.25) is 15.9 Å². The number of ether oxygens (including phenoxy) is 2. The predicted molar refractivity (Wildman–Crippen MR) is 128 cm³/mol. The van der Waals surface area contributed by atoms with Crippen LogP contribution < -0.4 is 14.8 Å². The molecule has 2 heterocycles. The zero-order valence-corrected chi connectivity index (χ0v) is 20.7. The molecule has 4 rings (SSSR count). The highest BCUT2D eigenvalue weighted by Gasteiger charge is 2.39. The molecule has 34 heavy (non-hydrogen) atoms. The number of likely N-dealkylation sites (N-methyl/N-ethyl adjacent to an activating group) is 1. The van der Waals surface area contributed by atoms with E-state index in [1.807, 2.05) is 0 Å². The van der Waals surface area contributed by atoms with Crippen LogP contribution in [0, 0.1) is 0 Å². The summed E-state index contributed by atoms with van der Waals surface area (Å²) in [7, 11) is -1.73. The highest BCUT2D eigenvalue weighted by molar-refractivity contribution is 7.92. The second kappa shape index (κ2) is 10.5. The van der Waals surface area contributed by atoms with Gasteiger partial charge in [-0.25, -0.2) is 8.42 Å². The average Bonchev–Trinajstić information content (AvgIpc) is 2.82. The molecule has 1 aromatic carbocycles. The van der Waals surface area contributed by atoms with Gasteiger partial charge in [0.1, 0.15) is 18.5 Å². The van der Waals surface area contributed by atoms with Gasteiger partial charge in [-0.05, 0) is 50.8 Å². The number of benzene rings is 1. The van der Waals surface area contributed by atoms with Crippen LogP contribution in [0.5, 0.6) is 5.75 Å². The normalized spacial score (nSPS) is 25.9. The van der Waals surface area contributed by atoms with Crippen LogP contribution in [0.1, 0.15) is 68.6 Å². The van der Waals surface area contributed by atoms with E-state index in [0.29, 0.717) is 36.3 Å². The molecule has 10 heteroatoms. The summed E-state index contributed by atoms with van der Waals surface area (Å²) in [4.78, 5) is 27.5. The number of sulfonamides is 1. The van der Waals surface area contributed by atoms with Crippen molar-refractivity contribution in [3.8, 4) is 5.75 Å². The van der Waals surface area contributed by atoms with Crippen LogP contribution in [-0.2, 0) is 19.6 Å². The number of hydrogen-bond donors (Lipinski definition) is 2. The molecule has 0 aromatic heterocycles. The zero-order valence-electron chi connectivity index (χ0n) is 19.9. The molecular weight excluding hydrogens is 458 g/mol. The van der Waals surface area contributed by atoms with Crippen molar-refractivity contribution in [2.75, 3.05) is 24.1 Å². The maximum absolute atomic E-state index is 13.3. The highest BCUT2D eigenvalue weighted by Crippen LogP contribution is 2.32. The zero-order chi connectivity index (χ0) is 24.3. The summed E-state index contributed by atoms with van der Waals surface area (Å²) in [6.45, 7) is 1.80. The van der Waals surface area contributed by atoms with E-state index in [1.165, 1.54) is 25.3 Å². The largest absolute Gasteiger partial charge is 0.490 e. The van der Waals surface area contributed by atoms with Crippen LogP contribution in [0.2, 0.25) is 0 Å². The lowest BCUT2D eigenvalue weighted by Gasteiger charge is -2.42. The molecule has 3 atom stereocenters. The van der Waals surface area contributed by atoms with E-state index in [4.69, 9.17) is 9.47 Å². The monoisotopic (exact) mass is 493 g/mol. The first-order valence-electron chi connectivity index (χ1n) is 12.2. The first-order chi connectivity index (χ1) is 16.3. The van der Waals surface area contributed by atoms with Crippen molar-refractivity contribution in [2.24, 2.45) is 0 Å². The molecule has 9 nitrogen and oxygen atoms in total. The number of rotatable bonds is 6. The fourth-order valence-corrected chi connectivity index (χ4v) is 5.71. The smallest absolute Gasteiger partial charge is 0.257 e. The van der Waals surface area contributed by atoms with Gasteiger partial charge in [-0.3, -0.25) is 14.3 Å². The number of nitrogens with zero attached hydrogens (tertiary/aromatic N) is 1. The Balaban J connectivity index is 1.42.